The minimum Gasteiger partial charge on any atom is -0.379 e. The zero-order chi connectivity index (χ0) is 30.6. The van der Waals surface area contributed by atoms with Crippen LogP contribution in [0.2, 0.25) is 5.02 Å². The highest BCUT2D eigenvalue weighted by molar-refractivity contribution is 7.17. The second-order valence-corrected chi connectivity index (χ2v) is 11.6. The summed E-state index contributed by atoms with van der Waals surface area (Å²) in [6.07, 6.45) is 0.534. The van der Waals surface area contributed by atoms with Crippen molar-refractivity contribution in [2.24, 2.45) is 9.98 Å². The molecule has 1 atom stereocenters. The summed E-state index contributed by atoms with van der Waals surface area (Å²) in [5.41, 5.74) is 4.68. The van der Waals surface area contributed by atoms with E-state index >= 15 is 0 Å². The quantitative estimate of drug-likeness (QED) is 0.262. The van der Waals surface area contributed by atoms with Gasteiger partial charge in [0.15, 0.2) is 0 Å². The molecule has 1 aromatic carbocycles. The summed E-state index contributed by atoms with van der Waals surface area (Å²) in [5.74, 6) is 0.626. The molecule has 1 aromatic heterocycles. The van der Waals surface area contributed by atoms with Gasteiger partial charge < -0.3 is 19.5 Å². The van der Waals surface area contributed by atoms with Crippen molar-refractivity contribution in [3.8, 4) is 0 Å². The van der Waals surface area contributed by atoms with Gasteiger partial charge in [-0.1, -0.05) is 30.3 Å². The van der Waals surface area contributed by atoms with E-state index in [1.54, 1.807) is 25.3 Å². The maximum Gasteiger partial charge on any atom is 0.222 e. The van der Waals surface area contributed by atoms with Crippen LogP contribution in [-0.2, 0) is 23.8 Å². The van der Waals surface area contributed by atoms with Crippen LogP contribution in [0.25, 0.3) is 0 Å². The molecule has 3 rings (SSSR count). The van der Waals surface area contributed by atoms with Crippen LogP contribution in [0.15, 0.2) is 46.5 Å². The Kier molecular flexibility index (Phi) is 13.3. The fourth-order valence-corrected chi connectivity index (χ4v) is 5.79. The number of ether oxygens (including phenoxy) is 3. The third kappa shape index (κ3) is 9.31. The zero-order valence-electron chi connectivity index (χ0n) is 25.1. The first kappa shape index (κ1) is 33.6. The van der Waals surface area contributed by atoms with Crippen LogP contribution in [0.3, 0.4) is 0 Å². The molecule has 0 spiro atoms. The first-order valence-electron chi connectivity index (χ1n) is 14.0. The molecule has 0 unspecified atom stereocenters. The Bertz CT molecular complexity index is 1310. The number of nitrogens with one attached hydrogen (secondary N) is 1. The van der Waals surface area contributed by atoms with Gasteiger partial charge in [0.1, 0.15) is 22.7 Å². The second kappa shape index (κ2) is 16.7. The van der Waals surface area contributed by atoms with Crippen molar-refractivity contribution in [2.45, 2.75) is 46.6 Å². The van der Waals surface area contributed by atoms with Gasteiger partial charge >= 0.3 is 0 Å². The van der Waals surface area contributed by atoms with Gasteiger partial charge in [-0.2, -0.15) is 0 Å². The van der Waals surface area contributed by atoms with Gasteiger partial charge in [0.2, 0.25) is 5.91 Å². The number of aliphatic imine (C=N–C) groups is 2. The lowest BCUT2D eigenvalue weighted by Gasteiger charge is -2.27. The van der Waals surface area contributed by atoms with Gasteiger partial charge in [0.25, 0.3) is 0 Å². The fraction of sp³-hybridized carbons (Fsp3) is 0.484. The molecular formula is C31H41ClN4O5S. The predicted octanol–water partition coefficient (Wildman–Crippen LogP) is 5.14. The number of fused-ring (bicyclic) bond motifs is 1. The van der Waals surface area contributed by atoms with E-state index in [1.165, 1.54) is 4.88 Å². The lowest BCUT2D eigenvalue weighted by molar-refractivity contribution is -0.121. The number of benzene rings is 1. The molecule has 11 heteroatoms. The maximum atomic E-state index is 13.1. The van der Waals surface area contributed by atoms with Crippen LogP contribution in [0.4, 0.5) is 5.00 Å². The summed E-state index contributed by atoms with van der Waals surface area (Å²) < 4.78 is 16.4. The Balaban J connectivity index is 1.62. The molecule has 0 radical (unpaired) electrons. The molecule has 2 heterocycles. The van der Waals surface area contributed by atoms with Crippen LogP contribution in [-0.4, -0.2) is 82.5 Å². The summed E-state index contributed by atoms with van der Waals surface area (Å²) in [6.45, 7) is 14.7. The molecule has 9 nitrogen and oxygen atoms in total. The number of thiophene rings is 1. The predicted molar refractivity (Wildman–Crippen MR) is 171 cm³/mol. The SMILES string of the molecule is C=C(C)N1C(=NC)[C@H](CC(=O)NCCOCCOCCOCCC(C)=O)N=C(c2ccc(Cl)cc2)c2c1sc(C)c2C. The standard InChI is InChI=1S/C31H41ClN4O5S/c1-20(2)36-30(33-6)26(19-27(38)34-12-14-40-16-18-41-17-15-39-13-11-21(3)37)35-29(24-7-9-25(32)10-8-24)28-22(4)23(5)42-31(28)36/h7-10,26H,1,11-19H2,2-6H3,(H,34,38)/t26-/m0/s1. The van der Waals surface area contributed by atoms with Gasteiger partial charge in [-0.3, -0.25) is 24.5 Å². The van der Waals surface area contributed by atoms with Crippen molar-refractivity contribution < 1.29 is 23.8 Å². The van der Waals surface area contributed by atoms with E-state index in [2.05, 4.69) is 30.7 Å². The van der Waals surface area contributed by atoms with E-state index in [4.69, 9.17) is 30.8 Å². The molecule has 228 valence electrons. The molecule has 1 amide bonds. The van der Waals surface area contributed by atoms with Gasteiger partial charge in [-0.15, -0.1) is 11.3 Å². The molecular weight excluding hydrogens is 576 g/mol. The normalized spacial score (nSPS) is 15.8. The molecule has 42 heavy (non-hydrogen) atoms. The second-order valence-electron chi connectivity index (χ2n) is 9.96. The Morgan fingerprint density at radius 2 is 1.67 bits per heavy atom. The number of allylic oxidation sites excluding steroid dienone is 1. The molecule has 1 aliphatic rings. The molecule has 1 N–H and O–H groups in total. The number of hydrogen-bond donors (Lipinski definition) is 1. The van der Waals surface area contributed by atoms with Crippen molar-refractivity contribution in [3.63, 3.8) is 0 Å². The van der Waals surface area contributed by atoms with E-state index in [1.807, 2.05) is 36.1 Å². The third-order valence-electron chi connectivity index (χ3n) is 6.64. The highest BCUT2D eigenvalue weighted by atomic mass is 35.5. The lowest BCUT2D eigenvalue weighted by Crippen LogP contribution is -2.40. The Morgan fingerprint density at radius 1 is 1.05 bits per heavy atom. The van der Waals surface area contributed by atoms with Crippen molar-refractivity contribution >= 4 is 51.2 Å². The van der Waals surface area contributed by atoms with E-state index in [-0.39, 0.29) is 18.1 Å². The summed E-state index contributed by atoms with van der Waals surface area (Å²) in [5, 5.41) is 4.58. The maximum absolute atomic E-state index is 13.1. The monoisotopic (exact) mass is 616 g/mol. The first-order valence-corrected chi connectivity index (χ1v) is 15.2. The summed E-state index contributed by atoms with van der Waals surface area (Å²) >= 11 is 7.86. The van der Waals surface area contributed by atoms with Crippen molar-refractivity contribution in [2.75, 3.05) is 58.1 Å². The van der Waals surface area contributed by atoms with Gasteiger partial charge in [-0.05, 0) is 45.4 Å². The van der Waals surface area contributed by atoms with Gasteiger partial charge in [0.05, 0.1) is 51.8 Å². The van der Waals surface area contributed by atoms with Crippen LogP contribution in [0.5, 0.6) is 0 Å². The molecule has 0 saturated carbocycles. The largest absolute Gasteiger partial charge is 0.379 e. The number of halogens is 1. The highest BCUT2D eigenvalue weighted by Gasteiger charge is 2.34. The average Bonchev–Trinajstić information content (AvgIpc) is 3.15. The van der Waals surface area contributed by atoms with E-state index < -0.39 is 6.04 Å². The number of nitrogens with zero attached hydrogens (tertiary/aromatic N) is 3. The van der Waals surface area contributed by atoms with Gasteiger partial charge in [0, 0.05) is 46.7 Å². The van der Waals surface area contributed by atoms with Crippen LogP contribution >= 0.6 is 22.9 Å². The van der Waals surface area contributed by atoms with Crippen molar-refractivity contribution in [1.29, 1.82) is 0 Å². The minimum atomic E-state index is -0.524. The Hall–Kier alpha value is -2.89. The number of Topliss-reactive ketones (excluding diaryl/α,β-unsaturated/α-hetero) is 1. The highest BCUT2D eigenvalue weighted by Crippen LogP contribution is 2.41. The topological polar surface area (TPSA) is 102 Å². The minimum absolute atomic E-state index is 0.107. The average molecular weight is 617 g/mol. The van der Waals surface area contributed by atoms with Crippen molar-refractivity contribution in [1.82, 2.24) is 5.32 Å². The summed E-state index contributed by atoms with van der Waals surface area (Å²) in [6, 6.07) is 7.08. The van der Waals surface area contributed by atoms with Crippen molar-refractivity contribution in [3.05, 3.63) is 63.1 Å². The number of rotatable bonds is 16. The fourth-order valence-electron chi connectivity index (χ4n) is 4.43. The molecule has 0 saturated heterocycles. The first-order chi connectivity index (χ1) is 20.1. The Morgan fingerprint density at radius 3 is 2.26 bits per heavy atom. The van der Waals surface area contributed by atoms with E-state index in [0.717, 1.165) is 33.1 Å². The number of hydrogen-bond acceptors (Lipinski definition) is 8. The number of carbonyl (C=O) groups excluding carboxylic acids is 2. The summed E-state index contributed by atoms with van der Waals surface area (Å²) in [4.78, 5) is 36.9. The smallest absolute Gasteiger partial charge is 0.222 e. The molecule has 0 fully saturated rings. The van der Waals surface area contributed by atoms with Gasteiger partial charge in [-0.25, -0.2) is 0 Å². The number of aryl methyl sites for hydroxylation is 1. The molecule has 0 aliphatic carbocycles. The third-order valence-corrected chi connectivity index (χ3v) is 8.08. The van der Waals surface area contributed by atoms with Crippen LogP contribution < -0.4 is 10.2 Å². The summed E-state index contributed by atoms with van der Waals surface area (Å²) in [7, 11) is 1.72. The Labute approximate surface area is 257 Å². The van der Waals surface area contributed by atoms with Crippen LogP contribution in [0.1, 0.15) is 48.3 Å². The molecule has 0 bridgehead atoms. The number of amides is 1. The zero-order valence-corrected chi connectivity index (χ0v) is 26.7. The van der Waals surface area contributed by atoms with E-state index in [0.29, 0.717) is 63.5 Å². The lowest BCUT2D eigenvalue weighted by atomic mass is 9.99. The molecule has 1 aliphatic heterocycles. The number of carbonyl (C=O) groups is 2. The van der Waals surface area contributed by atoms with E-state index in [9.17, 15) is 9.59 Å². The number of ketones is 1. The number of anilines is 1. The number of amidine groups is 1. The van der Waals surface area contributed by atoms with Crippen LogP contribution in [0, 0.1) is 13.8 Å². The molecule has 2 aromatic rings.